The van der Waals surface area contributed by atoms with E-state index in [2.05, 4.69) is 15.3 Å². The number of nitrogens with one attached hydrogen (secondary N) is 1. The quantitative estimate of drug-likeness (QED) is 0.454. The molecule has 0 bridgehead atoms. The zero-order chi connectivity index (χ0) is 21.8. The molecule has 31 heavy (non-hydrogen) atoms. The van der Waals surface area contributed by atoms with Gasteiger partial charge >= 0.3 is 0 Å². The van der Waals surface area contributed by atoms with Crippen molar-refractivity contribution >= 4 is 33.1 Å². The number of aromatic nitrogens is 2. The molecule has 4 aromatic rings. The van der Waals surface area contributed by atoms with Crippen LogP contribution in [0.25, 0.3) is 10.2 Å². The van der Waals surface area contributed by atoms with E-state index in [1.165, 1.54) is 11.3 Å². The second-order valence-corrected chi connectivity index (χ2v) is 7.98. The van der Waals surface area contributed by atoms with Crippen LogP contribution in [0.2, 0.25) is 0 Å². The Kier molecular flexibility index (Phi) is 5.99. The summed E-state index contributed by atoms with van der Waals surface area (Å²) in [5, 5.41) is 3.71. The van der Waals surface area contributed by atoms with Gasteiger partial charge in [0.1, 0.15) is 22.1 Å². The molecule has 0 unspecified atom stereocenters. The number of rotatable bonds is 7. The number of methoxy groups -OCH3 is 1. The van der Waals surface area contributed by atoms with E-state index in [1.54, 1.807) is 19.5 Å². The van der Waals surface area contributed by atoms with Crippen molar-refractivity contribution in [3.05, 3.63) is 76.4 Å². The maximum atomic E-state index is 12.8. The Balaban J connectivity index is 1.50. The maximum Gasteiger partial charge on any atom is 0.263 e. The van der Waals surface area contributed by atoms with Gasteiger partial charge in [0.05, 0.1) is 12.8 Å². The van der Waals surface area contributed by atoms with E-state index in [0.717, 1.165) is 27.8 Å². The highest BCUT2D eigenvalue weighted by Gasteiger charge is 2.19. The molecule has 0 fully saturated rings. The molecule has 0 aliphatic rings. The smallest absolute Gasteiger partial charge is 0.263 e. The van der Waals surface area contributed by atoms with E-state index < -0.39 is 0 Å². The lowest BCUT2D eigenvalue weighted by Crippen LogP contribution is -2.22. The molecule has 4 rings (SSSR count). The minimum atomic E-state index is -0.228. The highest BCUT2D eigenvalue weighted by atomic mass is 32.1. The number of fused-ring (bicyclic) bond motifs is 1. The number of nitrogens with zero attached hydrogens (tertiary/aromatic N) is 2. The molecule has 0 aliphatic carbocycles. The number of amides is 1. The molecule has 0 atom stereocenters. The minimum absolute atomic E-state index is 0.228. The molecule has 0 radical (unpaired) electrons. The molecule has 1 aromatic carbocycles. The van der Waals surface area contributed by atoms with Crippen LogP contribution in [0.15, 0.2) is 54.9 Å². The summed E-state index contributed by atoms with van der Waals surface area (Å²) in [5.74, 6) is 1.03. The lowest BCUT2D eigenvalue weighted by atomic mass is 10.1. The summed E-state index contributed by atoms with van der Waals surface area (Å²) in [4.78, 5) is 22.5. The van der Waals surface area contributed by atoms with E-state index in [1.807, 2.05) is 49.4 Å². The van der Waals surface area contributed by atoms with Gasteiger partial charge in [-0.25, -0.2) is 4.98 Å². The van der Waals surface area contributed by atoms with Crippen LogP contribution in [0, 0.1) is 6.92 Å². The molecule has 1 amide bonds. The number of anilines is 1. The van der Waals surface area contributed by atoms with Gasteiger partial charge in [0.2, 0.25) is 5.88 Å². The van der Waals surface area contributed by atoms with E-state index in [4.69, 9.17) is 15.2 Å². The Bertz CT molecular complexity index is 1210. The monoisotopic (exact) mass is 434 g/mol. The second-order valence-electron chi connectivity index (χ2n) is 6.98. The molecule has 158 valence electrons. The fourth-order valence-electron chi connectivity index (χ4n) is 3.17. The summed E-state index contributed by atoms with van der Waals surface area (Å²) in [5.41, 5.74) is 9.58. The van der Waals surface area contributed by atoms with Gasteiger partial charge in [-0.05, 0) is 36.2 Å². The third-order valence-corrected chi connectivity index (χ3v) is 5.90. The Morgan fingerprint density at radius 2 is 2.00 bits per heavy atom. The van der Waals surface area contributed by atoms with Crippen molar-refractivity contribution in [1.29, 1.82) is 0 Å². The summed E-state index contributed by atoms with van der Waals surface area (Å²) >= 11 is 1.26. The van der Waals surface area contributed by atoms with E-state index in [-0.39, 0.29) is 5.91 Å². The molecule has 0 saturated carbocycles. The van der Waals surface area contributed by atoms with Gasteiger partial charge in [0.25, 0.3) is 5.91 Å². The number of hydrogen-bond acceptors (Lipinski definition) is 7. The van der Waals surface area contributed by atoms with Gasteiger partial charge < -0.3 is 20.5 Å². The van der Waals surface area contributed by atoms with Gasteiger partial charge in [-0.3, -0.25) is 9.78 Å². The van der Waals surface area contributed by atoms with Gasteiger partial charge in [0, 0.05) is 36.0 Å². The fraction of sp³-hybridized carbons (Fsp3) is 0.174. The lowest BCUT2D eigenvalue weighted by Gasteiger charge is -2.07. The molecule has 3 heterocycles. The molecule has 3 aromatic heterocycles. The highest BCUT2D eigenvalue weighted by Crippen LogP contribution is 2.36. The summed E-state index contributed by atoms with van der Waals surface area (Å²) in [6.07, 6.45) is 3.47. The van der Waals surface area contributed by atoms with Crippen molar-refractivity contribution in [3.63, 3.8) is 0 Å². The predicted octanol–water partition coefficient (Wildman–Crippen LogP) is 4.10. The average molecular weight is 435 g/mol. The standard InChI is InChI=1S/C23H22N4O3S/c1-14-10-18(30-13-16-4-3-9-25-11-16)27-23-19(14)20(24)21(31-23)22(28)26-12-15-5-7-17(29-2)8-6-15/h3-11H,12-13,24H2,1-2H3,(H,26,28). The van der Waals surface area contributed by atoms with Gasteiger partial charge in [-0.2, -0.15) is 0 Å². The van der Waals surface area contributed by atoms with Crippen LogP contribution in [0.5, 0.6) is 11.6 Å². The van der Waals surface area contributed by atoms with Crippen LogP contribution in [0.1, 0.15) is 26.4 Å². The molecular weight excluding hydrogens is 412 g/mol. The number of aryl methyl sites for hydroxylation is 1. The number of hydrogen-bond donors (Lipinski definition) is 2. The topological polar surface area (TPSA) is 99.4 Å². The number of ether oxygens (including phenoxy) is 2. The van der Waals surface area contributed by atoms with E-state index in [0.29, 0.717) is 34.4 Å². The van der Waals surface area contributed by atoms with Crippen LogP contribution >= 0.6 is 11.3 Å². The predicted molar refractivity (Wildman–Crippen MR) is 122 cm³/mol. The molecule has 7 nitrogen and oxygen atoms in total. The van der Waals surface area contributed by atoms with Crippen LogP contribution in [-0.4, -0.2) is 23.0 Å². The van der Waals surface area contributed by atoms with Crippen molar-refractivity contribution in [3.8, 4) is 11.6 Å². The van der Waals surface area contributed by atoms with Crippen LogP contribution < -0.4 is 20.5 Å². The number of nitrogens with two attached hydrogens (primary N) is 1. The molecule has 0 aliphatic heterocycles. The van der Waals surface area contributed by atoms with Crippen molar-refractivity contribution in [2.24, 2.45) is 0 Å². The van der Waals surface area contributed by atoms with Crippen LogP contribution in [-0.2, 0) is 13.2 Å². The first-order valence-corrected chi connectivity index (χ1v) is 10.5. The Hall–Kier alpha value is -3.65. The number of benzene rings is 1. The number of nitrogen functional groups attached to an aromatic ring is 1. The summed E-state index contributed by atoms with van der Waals surface area (Å²) in [7, 11) is 1.62. The zero-order valence-corrected chi connectivity index (χ0v) is 18.0. The van der Waals surface area contributed by atoms with Gasteiger partial charge in [0.15, 0.2) is 0 Å². The van der Waals surface area contributed by atoms with Crippen molar-refractivity contribution in [2.45, 2.75) is 20.1 Å². The lowest BCUT2D eigenvalue weighted by molar-refractivity contribution is 0.0956. The number of pyridine rings is 2. The minimum Gasteiger partial charge on any atom is -0.497 e. The largest absolute Gasteiger partial charge is 0.497 e. The fourth-order valence-corrected chi connectivity index (χ4v) is 4.25. The normalized spacial score (nSPS) is 10.8. The van der Waals surface area contributed by atoms with E-state index >= 15 is 0 Å². The average Bonchev–Trinajstić information content (AvgIpc) is 3.14. The van der Waals surface area contributed by atoms with Crippen molar-refractivity contribution < 1.29 is 14.3 Å². The number of carbonyl (C=O) groups excluding carboxylic acids is 1. The SMILES string of the molecule is COc1ccc(CNC(=O)c2sc3nc(OCc4cccnc4)cc(C)c3c2N)cc1. The molecular formula is C23H22N4O3S. The Morgan fingerprint density at radius 3 is 2.71 bits per heavy atom. The molecule has 0 spiro atoms. The first-order valence-electron chi connectivity index (χ1n) is 9.67. The molecule has 0 saturated heterocycles. The Morgan fingerprint density at radius 1 is 1.19 bits per heavy atom. The van der Waals surface area contributed by atoms with Gasteiger partial charge in [-0.15, -0.1) is 11.3 Å². The summed E-state index contributed by atoms with van der Waals surface area (Å²) < 4.78 is 11.0. The van der Waals surface area contributed by atoms with Crippen LogP contribution in [0.4, 0.5) is 5.69 Å². The third kappa shape index (κ3) is 4.59. The van der Waals surface area contributed by atoms with Crippen molar-refractivity contribution in [1.82, 2.24) is 15.3 Å². The first-order chi connectivity index (χ1) is 15.0. The molecule has 8 heteroatoms. The van der Waals surface area contributed by atoms with E-state index in [9.17, 15) is 4.79 Å². The number of carbonyl (C=O) groups is 1. The van der Waals surface area contributed by atoms with Crippen molar-refractivity contribution in [2.75, 3.05) is 12.8 Å². The summed E-state index contributed by atoms with van der Waals surface area (Å²) in [6.45, 7) is 2.69. The maximum absolute atomic E-state index is 12.8. The zero-order valence-electron chi connectivity index (χ0n) is 17.2. The second kappa shape index (κ2) is 9.01. The molecule has 3 N–H and O–H groups in total. The third-order valence-electron chi connectivity index (χ3n) is 4.80. The first kappa shape index (κ1) is 20.6. The number of thiophene rings is 1. The van der Waals surface area contributed by atoms with Crippen LogP contribution in [0.3, 0.4) is 0 Å². The Labute approximate surface area is 183 Å². The summed E-state index contributed by atoms with van der Waals surface area (Å²) in [6, 6.07) is 13.2. The van der Waals surface area contributed by atoms with Gasteiger partial charge in [-0.1, -0.05) is 18.2 Å². The highest BCUT2D eigenvalue weighted by molar-refractivity contribution is 7.21.